The molecule has 0 radical (unpaired) electrons. The summed E-state index contributed by atoms with van der Waals surface area (Å²) in [7, 11) is -2.93. The van der Waals surface area contributed by atoms with E-state index >= 15 is 0 Å². The van der Waals surface area contributed by atoms with Crippen LogP contribution in [-0.2, 0) is 22.9 Å². The van der Waals surface area contributed by atoms with Crippen LogP contribution in [0.15, 0.2) is 30.5 Å². The van der Waals surface area contributed by atoms with Crippen molar-refractivity contribution in [2.24, 2.45) is 0 Å². The van der Waals surface area contributed by atoms with Gasteiger partial charge >= 0.3 is 0 Å². The van der Waals surface area contributed by atoms with Gasteiger partial charge in [-0.1, -0.05) is 19.1 Å². The normalized spacial score (nSPS) is 12.1. The van der Waals surface area contributed by atoms with Gasteiger partial charge < -0.3 is 9.88 Å². The van der Waals surface area contributed by atoms with Crippen molar-refractivity contribution in [2.75, 3.05) is 18.6 Å². The molecule has 2 aromatic rings. The second-order valence-electron chi connectivity index (χ2n) is 5.21. The summed E-state index contributed by atoms with van der Waals surface area (Å²) < 4.78 is 24.6. The number of benzene rings is 1. The van der Waals surface area contributed by atoms with E-state index in [4.69, 9.17) is 0 Å². The summed E-state index contributed by atoms with van der Waals surface area (Å²) >= 11 is 0. The van der Waals surface area contributed by atoms with Crippen molar-refractivity contribution in [1.82, 2.24) is 9.88 Å². The van der Waals surface area contributed by atoms with E-state index in [0.29, 0.717) is 6.54 Å². The quantitative estimate of drug-likeness (QED) is 0.796. The SMILES string of the molecule is CCCNCc1ccc2ccn(CCS(C)(=O)=O)c2c1. The minimum absolute atomic E-state index is 0.176. The first-order valence-corrected chi connectivity index (χ1v) is 9.02. The lowest BCUT2D eigenvalue weighted by molar-refractivity contribution is 0.596. The molecule has 1 aromatic heterocycles. The molecule has 110 valence electrons. The molecule has 0 unspecified atom stereocenters. The number of sulfone groups is 1. The molecule has 5 heteroatoms. The Labute approximate surface area is 120 Å². The van der Waals surface area contributed by atoms with Crippen molar-refractivity contribution < 1.29 is 8.42 Å². The van der Waals surface area contributed by atoms with E-state index in [1.54, 1.807) is 0 Å². The molecular formula is C15H22N2O2S. The molecular weight excluding hydrogens is 272 g/mol. The van der Waals surface area contributed by atoms with E-state index in [2.05, 4.69) is 30.4 Å². The summed E-state index contributed by atoms with van der Waals surface area (Å²) in [4.78, 5) is 0. The number of hydrogen-bond donors (Lipinski definition) is 1. The van der Waals surface area contributed by atoms with Gasteiger partial charge in [0.1, 0.15) is 9.84 Å². The van der Waals surface area contributed by atoms with E-state index in [1.807, 2.05) is 16.8 Å². The van der Waals surface area contributed by atoms with Crippen molar-refractivity contribution in [3.8, 4) is 0 Å². The predicted molar refractivity (Wildman–Crippen MR) is 83.6 cm³/mol. The van der Waals surface area contributed by atoms with E-state index in [0.717, 1.165) is 30.4 Å². The van der Waals surface area contributed by atoms with Crippen LogP contribution in [0.4, 0.5) is 0 Å². The van der Waals surface area contributed by atoms with Gasteiger partial charge in [0.25, 0.3) is 0 Å². The highest BCUT2D eigenvalue weighted by molar-refractivity contribution is 7.90. The summed E-state index contributed by atoms with van der Waals surface area (Å²) in [5, 5.41) is 4.53. The Hall–Kier alpha value is -1.33. The average Bonchev–Trinajstić information content (AvgIpc) is 2.78. The van der Waals surface area contributed by atoms with Crippen LogP contribution >= 0.6 is 0 Å². The Morgan fingerprint density at radius 3 is 2.75 bits per heavy atom. The summed E-state index contributed by atoms with van der Waals surface area (Å²) in [6, 6.07) is 8.38. The van der Waals surface area contributed by atoms with Crippen LogP contribution in [0, 0.1) is 0 Å². The first-order valence-electron chi connectivity index (χ1n) is 6.96. The van der Waals surface area contributed by atoms with Gasteiger partial charge in [0.2, 0.25) is 0 Å². The number of hydrogen-bond acceptors (Lipinski definition) is 3. The zero-order valence-electron chi connectivity index (χ0n) is 12.1. The van der Waals surface area contributed by atoms with Gasteiger partial charge in [0.15, 0.2) is 0 Å². The number of aryl methyl sites for hydroxylation is 1. The third-order valence-electron chi connectivity index (χ3n) is 3.30. The molecule has 0 bridgehead atoms. The maximum atomic E-state index is 11.3. The molecule has 0 saturated carbocycles. The van der Waals surface area contributed by atoms with Crippen molar-refractivity contribution in [3.05, 3.63) is 36.0 Å². The number of nitrogens with one attached hydrogen (secondary N) is 1. The highest BCUT2D eigenvalue weighted by Gasteiger charge is 2.06. The monoisotopic (exact) mass is 294 g/mol. The van der Waals surface area contributed by atoms with E-state index < -0.39 is 9.84 Å². The standard InChI is InChI=1S/C15H22N2O2S/c1-3-7-16-12-13-4-5-14-6-8-17(15(14)11-13)9-10-20(2,18)19/h4-6,8,11,16H,3,7,9-10,12H2,1-2H3. The van der Waals surface area contributed by atoms with Gasteiger partial charge in [-0.2, -0.15) is 0 Å². The maximum Gasteiger partial charge on any atom is 0.149 e. The molecule has 0 spiro atoms. The molecule has 0 aliphatic heterocycles. The lowest BCUT2D eigenvalue weighted by Crippen LogP contribution is -2.14. The van der Waals surface area contributed by atoms with Crippen molar-refractivity contribution in [2.45, 2.75) is 26.4 Å². The van der Waals surface area contributed by atoms with Crippen molar-refractivity contribution >= 4 is 20.7 Å². The van der Waals surface area contributed by atoms with E-state index in [1.165, 1.54) is 11.8 Å². The third kappa shape index (κ3) is 4.08. The molecule has 0 fully saturated rings. The Balaban J connectivity index is 2.17. The van der Waals surface area contributed by atoms with Gasteiger partial charge in [0.05, 0.1) is 5.75 Å². The largest absolute Gasteiger partial charge is 0.346 e. The number of rotatable bonds is 7. The molecule has 20 heavy (non-hydrogen) atoms. The minimum Gasteiger partial charge on any atom is -0.346 e. The minimum atomic E-state index is -2.93. The molecule has 1 heterocycles. The van der Waals surface area contributed by atoms with E-state index in [-0.39, 0.29) is 5.75 Å². The first-order chi connectivity index (χ1) is 9.49. The van der Waals surface area contributed by atoms with Crippen LogP contribution in [0.25, 0.3) is 10.9 Å². The average molecular weight is 294 g/mol. The lowest BCUT2D eigenvalue weighted by Gasteiger charge is -2.07. The summed E-state index contributed by atoms with van der Waals surface area (Å²) in [5.41, 5.74) is 2.33. The predicted octanol–water partition coefficient (Wildman–Crippen LogP) is 2.19. The van der Waals surface area contributed by atoms with Crippen LogP contribution in [0.5, 0.6) is 0 Å². The van der Waals surface area contributed by atoms with Crippen LogP contribution in [0.3, 0.4) is 0 Å². The second-order valence-corrected chi connectivity index (χ2v) is 7.47. The lowest BCUT2D eigenvalue weighted by atomic mass is 10.1. The Kier molecular flexibility index (Phi) is 4.83. The van der Waals surface area contributed by atoms with Crippen molar-refractivity contribution in [1.29, 1.82) is 0 Å². The first kappa shape index (κ1) is 15.1. The summed E-state index contributed by atoms with van der Waals surface area (Å²) in [6.45, 7) is 4.51. The summed E-state index contributed by atoms with van der Waals surface area (Å²) in [5.74, 6) is 0.176. The van der Waals surface area contributed by atoms with Gasteiger partial charge in [-0.05, 0) is 36.0 Å². The summed E-state index contributed by atoms with van der Waals surface area (Å²) in [6.07, 6.45) is 4.35. The van der Waals surface area contributed by atoms with E-state index in [9.17, 15) is 8.42 Å². The van der Waals surface area contributed by atoms with Gasteiger partial charge in [-0.25, -0.2) is 8.42 Å². The zero-order chi connectivity index (χ0) is 14.6. The Bertz CT molecular complexity index is 674. The van der Waals surface area contributed by atoms with Gasteiger partial charge in [-0.15, -0.1) is 0 Å². The highest BCUT2D eigenvalue weighted by Crippen LogP contribution is 2.18. The zero-order valence-corrected chi connectivity index (χ0v) is 12.9. The van der Waals surface area contributed by atoms with Crippen LogP contribution in [0.1, 0.15) is 18.9 Å². The van der Waals surface area contributed by atoms with Crippen molar-refractivity contribution in [3.63, 3.8) is 0 Å². The topological polar surface area (TPSA) is 51.1 Å². The Morgan fingerprint density at radius 1 is 1.25 bits per heavy atom. The molecule has 4 nitrogen and oxygen atoms in total. The molecule has 1 N–H and O–H groups in total. The number of aromatic nitrogens is 1. The fourth-order valence-electron chi connectivity index (χ4n) is 2.21. The van der Waals surface area contributed by atoms with Crippen LogP contribution in [0.2, 0.25) is 0 Å². The third-order valence-corrected chi connectivity index (χ3v) is 4.22. The molecule has 0 aliphatic rings. The molecule has 2 rings (SSSR count). The molecule has 0 atom stereocenters. The van der Waals surface area contributed by atoms with Gasteiger partial charge in [0, 0.05) is 31.1 Å². The maximum absolute atomic E-state index is 11.3. The number of fused-ring (bicyclic) bond motifs is 1. The highest BCUT2D eigenvalue weighted by atomic mass is 32.2. The van der Waals surface area contributed by atoms with Gasteiger partial charge in [-0.3, -0.25) is 0 Å². The second kappa shape index (κ2) is 6.41. The molecule has 0 aliphatic carbocycles. The Morgan fingerprint density at radius 2 is 2.05 bits per heavy atom. The number of nitrogens with zero attached hydrogens (tertiary/aromatic N) is 1. The molecule has 0 amide bonds. The fraction of sp³-hybridized carbons (Fsp3) is 0.467. The van der Waals surface area contributed by atoms with Crippen LogP contribution < -0.4 is 5.32 Å². The van der Waals surface area contributed by atoms with Crippen LogP contribution in [-0.4, -0.2) is 31.5 Å². The fourth-order valence-corrected chi connectivity index (χ4v) is 2.74. The smallest absolute Gasteiger partial charge is 0.149 e. The molecule has 0 saturated heterocycles. The molecule has 1 aromatic carbocycles.